The van der Waals surface area contributed by atoms with E-state index in [2.05, 4.69) is 58.6 Å². The summed E-state index contributed by atoms with van der Waals surface area (Å²) in [6.45, 7) is 5.05. The van der Waals surface area contributed by atoms with E-state index in [4.69, 9.17) is 0 Å². The third-order valence-electron chi connectivity index (χ3n) is 3.71. The maximum atomic E-state index is 4.24. The van der Waals surface area contributed by atoms with Crippen molar-refractivity contribution in [3.05, 3.63) is 54.0 Å². The fourth-order valence-electron chi connectivity index (χ4n) is 2.64. The van der Waals surface area contributed by atoms with Crippen LogP contribution < -0.4 is 5.32 Å². The molecule has 1 aromatic carbocycles. The summed E-state index contributed by atoms with van der Waals surface area (Å²) in [6.07, 6.45) is 7.32. The minimum Gasteiger partial charge on any atom is -0.343 e. The maximum Gasteiger partial charge on any atom is 0.0539 e. The molecule has 0 spiro atoms. The van der Waals surface area contributed by atoms with Gasteiger partial charge in [0.05, 0.1) is 12.7 Å². The quantitative estimate of drug-likeness (QED) is 0.705. The number of hydrogen-bond donors (Lipinski definition) is 1. The number of nitrogens with one attached hydrogen (secondary N) is 1. The molecule has 3 aromatic rings. The third kappa shape index (κ3) is 3.16. The van der Waals surface area contributed by atoms with E-state index in [0.717, 1.165) is 19.6 Å². The molecule has 2 aromatic heterocycles. The van der Waals surface area contributed by atoms with Crippen molar-refractivity contribution in [2.75, 3.05) is 6.54 Å². The molecule has 0 bridgehead atoms. The van der Waals surface area contributed by atoms with Gasteiger partial charge in [0, 0.05) is 37.1 Å². The average Bonchev–Trinajstić information content (AvgIpc) is 3.07. The van der Waals surface area contributed by atoms with E-state index in [0.29, 0.717) is 0 Å². The highest BCUT2D eigenvalue weighted by Crippen LogP contribution is 2.19. The predicted molar refractivity (Wildman–Crippen MR) is 86.2 cm³/mol. The van der Waals surface area contributed by atoms with Crippen LogP contribution in [0.4, 0.5) is 0 Å². The fraction of sp³-hybridized carbons (Fsp3) is 0.353. The number of aromatic nitrogens is 3. The van der Waals surface area contributed by atoms with Gasteiger partial charge in [0.1, 0.15) is 0 Å². The summed E-state index contributed by atoms with van der Waals surface area (Å²) in [5.74, 6) is 0. The van der Waals surface area contributed by atoms with Gasteiger partial charge in [0.2, 0.25) is 0 Å². The number of benzene rings is 1. The molecule has 0 radical (unpaired) electrons. The maximum absolute atomic E-state index is 4.24. The Labute approximate surface area is 125 Å². The van der Waals surface area contributed by atoms with Crippen molar-refractivity contribution in [2.24, 2.45) is 7.05 Å². The molecule has 0 atom stereocenters. The molecule has 2 heterocycles. The Hall–Kier alpha value is -2.07. The lowest BCUT2D eigenvalue weighted by Gasteiger charge is -2.07. The number of hydrogen-bond acceptors (Lipinski definition) is 2. The Morgan fingerprint density at radius 3 is 2.86 bits per heavy atom. The van der Waals surface area contributed by atoms with Crippen LogP contribution in [0.3, 0.4) is 0 Å². The van der Waals surface area contributed by atoms with Crippen LogP contribution in [0.5, 0.6) is 0 Å². The van der Waals surface area contributed by atoms with E-state index < -0.39 is 0 Å². The van der Waals surface area contributed by atoms with Crippen molar-refractivity contribution in [1.29, 1.82) is 0 Å². The first-order valence-electron chi connectivity index (χ1n) is 7.52. The largest absolute Gasteiger partial charge is 0.343 e. The van der Waals surface area contributed by atoms with Gasteiger partial charge in [-0.3, -0.25) is 4.68 Å². The zero-order chi connectivity index (χ0) is 14.7. The van der Waals surface area contributed by atoms with Gasteiger partial charge in [-0.05, 0) is 36.0 Å². The second-order valence-corrected chi connectivity index (χ2v) is 5.54. The first-order chi connectivity index (χ1) is 10.3. The van der Waals surface area contributed by atoms with Crippen LogP contribution in [-0.4, -0.2) is 20.9 Å². The molecule has 0 amide bonds. The Balaban J connectivity index is 1.83. The van der Waals surface area contributed by atoms with Crippen molar-refractivity contribution in [3.8, 4) is 0 Å². The van der Waals surface area contributed by atoms with Crippen molar-refractivity contribution in [3.63, 3.8) is 0 Å². The summed E-state index contributed by atoms with van der Waals surface area (Å²) in [5, 5.41) is 8.99. The van der Waals surface area contributed by atoms with Gasteiger partial charge in [-0.15, -0.1) is 0 Å². The zero-order valence-electron chi connectivity index (χ0n) is 12.7. The summed E-state index contributed by atoms with van der Waals surface area (Å²) in [5.41, 5.74) is 3.85. The number of fused-ring (bicyclic) bond motifs is 1. The number of rotatable bonds is 6. The molecule has 0 fully saturated rings. The van der Waals surface area contributed by atoms with Gasteiger partial charge in [-0.2, -0.15) is 5.10 Å². The fourth-order valence-corrected chi connectivity index (χ4v) is 2.64. The molecule has 4 heteroatoms. The molecule has 0 aliphatic heterocycles. The monoisotopic (exact) mass is 282 g/mol. The van der Waals surface area contributed by atoms with Gasteiger partial charge < -0.3 is 9.88 Å². The Morgan fingerprint density at radius 1 is 1.19 bits per heavy atom. The molecule has 110 valence electrons. The second-order valence-electron chi connectivity index (χ2n) is 5.54. The van der Waals surface area contributed by atoms with Gasteiger partial charge in [0.25, 0.3) is 0 Å². The van der Waals surface area contributed by atoms with Gasteiger partial charge >= 0.3 is 0 Å². The molecule has 0 unspecified atom stereocenters. The normalized spacial score (nSPS) is 11.3. The predicted octanol–water partition coefficient (Wildman–Crippen LogP) is 2.92. The second kappa shape index (κ2) is 6.14. The Bertz CT molecular complexity index is 723. The molecule has 3 rings (SSSR count). The van der Waals surface area contributed by atoms with Crippen LogP contribution >= 0.6 is 0 Å². The Kier molecular flexibility index (Phi) is 4.06. The van der Waals surface area contributed by atoms with Crippen LogP contribution in [0.2, 0.25) is 0 Å². The topological polar surface area (TPSA) is 34.8 Å². The lowest BCUT2D eigenvalue weighted by atomic mass is 10.1. The van der Waals surface area contributed by atoms with Crippen molar-refractivity contribution >= 4 is 10.9 Å². The highest BCUT2D eigenvalue weighted by molar-refractivity contribution is 5.80. The average molecular weight is 282 g/mol. The van der Waals surface area contributed by atoms with Crippen LogP contribution in [0.25, 0.3) is 10.9 Å². The lowest BCUT2D eigenvalue weighted by molar-refractivity contribution is 0.675. The van der Waals surface area contributed by atoms with Crippen molar-refractivity contribution in [1.82, 2.24) is 19.7 Å². The third-order valence-corrected chi connectivity index (χ3v) is 3.71. The van der Waals surface area contributed by atoms with Gasteiger partial charge in [-0.1, -0.05) is 19.1 Å². The van der Waals surface area contributed by atoms with Crippen LogP contribution in [0.15, 0.2) is 42.9 Å². The summed E-state index contributed by atoms with van der Waals surface area (Å²) < 4.78 is 4.14. The molecular formula is C17H22N4. The summed E-state index contributed by atoms with van der Waals surface area (Å²) in [7, 11) is 1.95. The Morgan fingerprint density at radius 2 is 2.10 bits per heavy atom. The molecule has 0 saturated heterocycles. The van der Waals surface area contributed by atoms with E-state index in [9.17, 15) is 0 Å². The highest BCUT2D eigenvalue weighted by atomic mass is 15.2. The lowest BCUT2D eigenvalue weighted by Crippen LogP contribution is -2.13. The molecule has 0 aliphatic rings. The van der Waals surface area contributed by atoms with Crippen LogP contribution in [0.1, 0.15) is 24.5 Å². The molecule has 21 heavy (non-hydrogen) atoms. The smallest absolute Gasteiger partial charge is 0.0539 e. The first-order valence-corrected chi connectivity index (χ1v) is 7.52. The van der Waals surface area contributed by atoms with E-state index in [1.54, 1.807) is 0 Å². The van der Waals surface area contributed by atoms with E-state index in [-0.39, 0.29) is 0 Å². The van der Waals surface area contributed by atoms with Crippen molar-refractivity contribution < 1.29 is 0 Å². The molecule has 0 saturated carbocycles. The summed E-state index contributed by atoms with van der Waals surface area (Å²) in [6, 6.07) is 8.88. The minimum atomic E-state index is 0.864. The van der Waals surface area contributed by atoms with Gasteiger partial charge in [-0.25, -0.2) is 0 Å². The van der Waals surface area contributed by atoms with Crippen molar-refractivity contribution in [2.45, 2.75) is 26.4 Å². The standard InChI is InChI=1S/C17H22N4/c1-3-7-18-10-14-4-5-16-6-8-21(17(16)9-14)13-15-11-19-20(2)12-15/h4-6,8-9,11-12,18H,3,7,10,13H2,1-2H3. The summed E-state index contributed by atoms with van der Waals surface area (Å²) >= 11 is 0. The van der Waals surface area contributed by atoms with Crippen LogP contribution in [0, 0.1) is 0 Å². The van der Waals surface area contributed by atoms with E-state index in [1.807, 2.05) is 17.9 Å². The van der Waals surface area contributed by atoms with Crippen LogP contribution in [-0.2, 0) is 20.1 Å². The molecule has 4 nitrogen and oxygen atoms in total. The molecular weight excluding hydrogens is 260 g/mol. The van der Waals surface area contributed by atoms with E-state index in [1.165, 1.54) is 28.5 Å². The summed E-state index contributed by atoms with van der Waals surface area (Å²) in [4.78, 5) is 0. The SMILES string of the molecule is CCCNCc1ccc2ccn(Cc3cnn(C)c3)c2c1. The number of aryl methyl sites for hydroxylation is 1. The number of nitrogens with zero attached hydrogens (tertiary/aromatic N) is 3. The first kappa shape index (κ1) is 13.9. The molecule has 0 aliphatic carbocycles. The zero-order valence-corrected chi connectivity index (χ0v) is 12.7. The molecule has 1 N–H and O–H groups in total. The van der Waals surface area contributed by atoms with Gasteiger partial charge in [0.15, 0.2) is 0 Å². The highest BCUT2D eigenvalue weighted by Gasteiger charge is 2.04. The minimum absolute atomic E-state index is 0.864. The van der Waals surface area contributed by atoms with E-state index >= 15 is 0 Å².